The predicted octanol–water partition coefficient (Wildman–Crippen LogP) is 10.1. The van der Waals surface area contributed by atoms with Gasteiger partial charge in [0.1, 0.15) is 32.3 Å². The minimum atomic E-state index is -4.69. The number of aryl methyl sites for hydroxylation is 2. The number of phenols is 1. The molecular weight excluding hydrogens is 769 g/mol. The summed E-state index contributed by atoms with van der Waals surface area (Å²) >= 11 is 0. The molecule has 0 aliphatic rings. The summed E-state index contributed by atoms with van der Waals surface area (Å²) in [6.07, 6.45) is 17.7. The Labute approximate surface area is 357 Å². The summed E-state index contributed by atoms with van der Waals surface area (Å²) < 4.78 is 78.1. The number of rotatable bonds is 22. The number of aromatic hydroxyl groups is 1. The molecule has 0 unspecified atom stereocenters. The molecule has 55 heavy (non-hydrogen) atoms. The summed E-state index contributed by atoms with van der Waals surface area (Å²) in [4.78, 5) is -0.787. The Bertz CT molecular complexity index is 1810. The van der Waals surface area contributed by atoms with E-state index >= 15 is 0 Å². The summed E-state index contributed by atoms with van der Waals surface area (Å²) in [5.41, 5.74) is 1.54. The summed E-state index contributed by atoms with van der Waals surface area (Å²) in [5.74, 6) is -0.174. The molecule has 4 aromatic rings. The Kier molecular flexibility index (Phi) is 22.3. The van der Waals surface area contributed by atoms with Crippen LogP contribution < -0.4 is 14.6 Å². The number of benzene rings is 4. The zero-order valence-electron chi connectivity index (χ0n) is 32.1. The average Bonchev–Trinajstić information content (AvgIpc) is 3.13. The molecule has 0 atom stereocenters. The van der Waals surface area contributed by atoms with E-state index in [1.165, 1.54) is 106 Å². The van der Waals surface area contributed by atoms with E-state index in [0.717, 1.165) is 49.7 Å². The van der Waals surface area contributed by atoms with Crippen molar-refractivity contribution in [3.05, 3.63) is 96.1 Å². The Morgan fingerprint density at radius 3 is 1.47 bits per heavy atom. The van der Waals surface area contributed by atoms with Gasteiger partial charge in [0.25, 0.3) is 10.1 Å². The van der Waals surface area contributed by atoms with E-state index in [1.807, 2.05) is 12.1 Å². The van der Waals surface area contributed by atoms with E-state index < -0.39 is 25.1 Å². The smallest absolute Gasteiger partial charge is 0.870 e. The van der Waals surface area contributed by atoms with Crippen LogP contribution >= 0.6 is 0 Å². The SMILES string of the molecule is CCCCCCCCCc1cccc(O)c1Oc1ccccc1S(=O)(=O)O.CCCCCCCCCc1cccc([O-])c1Oc1ccccc1S(=O)(=O)[O-].[Ca+2]. The monoisotopic (exact) mass is 822 g/mol. The third-order valence-corrected chi connectivity index (χ3v) is 10.7. The first-order valence-corrected chi connectivity index (χ1v) is 21.8. The fourth-order valence-electron chi connectivity index (χ4n) is 6.01. The third kappa shape index (κ3) is 17.0. The maximum Gasteiger partial charge on any atom is 2.00 e. The minimum Gasteiger partial charge on any atom is -0.870 e. The second-order valence-electron chi connectivity index (χ2n) is 13.3. The van der Waals surface area contributed by atoms with Crippen molar-refractivity contribution < 1.29 is 45.6 Å². The van der Waals surface area contributed by atoms with Gasteiger partial charge in [-0.3, -0.25) is 4.55 Å². The van der Waals surface area contributed by atoms with Gasteiger partial charge in [-0.1, -0.05) is 151 Å². The molecule has 0 fully saturated rings. The molecule has 0 saturated carbocycles. The first-order valence-electron chi connectivity index (χ1n) is 18.9. The molecular formula is C42H54CaO10S2. The number of unbranched alkanes of at least 4 members (excludes halogenated alkanes) is 12. The molecule has 0 spiro atoms. The van der Waals surface area contributed by atoms with Crippen LogP contribution in [0.5, 0.6) is 34.5 Å². The number of hydrogen-bond donors (Lipinski definition) is 2. The zero-order chi connectivity index (χ0) is 39.4. The van der Waals surface area contributed by atoms with Crippen LogP contribution in [0, 0.1) is 0 Å². The molecule has 0 saturated heterocycles. The molecule has 0 aliphatic carbocycles. The average molecular weight is 823 g/mol. The van der Waals surface area contributed by atoms with Gasteiger partial charge in [0, 0.05) is 0 Å². The molecule has 2 N–H and O–H groups in total. The molecule has 0 aromatic heterocycles. The molecule has 0 aliphatic heterocycles. The van der Waals surface area contributed by atoms with Crippen LogP contribution in [0.1, 0.15) is 115 Å². The fourth-order valence-corrected chi connectivity index (χ4v) is 7.23. The molecule has 10 nitrogen and oxygen atoms in total. The molecule has 0 bridgehead atoms. The van der Waals surface area contributed by atoms with Crippen molar-refractivity contribution in [2.45, 2.75) is 126 Å². The molecule has 296 valence electrons. The summed E-state index contributed by atoms with van der Waals surface area (Å²) in [7, 11) is -9.11. The van der Waals surface area contributed by atoms with Crippen molar-refractivity contribution in [3.63, 3.8) is 0 Å². The van der Waals surface area contributed by atoms with Gasteiger partial charge < -0.3 is 24.2 Å². The standard InChI is InChI=1S/2C21H28O5S.Ca/c2*1-2-3-4-5-6-7-8-12-17-13-11-14-18(22)21(17)26-19-15-9-10-16-20(19)27(23,24)25;/h2*9-11,13-16,22H,2-8,12H2,1H3,(H,23,24,25);/q;;+2/p-2. The van der Waals surface area contributed by atoms with E-state index in [4.69, 9.17) is 9.47 Å². The maximum atomic E-state index is 12.3. The van der Waals surface area contributed by atoms with Crippen LogP contribution in [-0.2, 0) is 33.1 Å². The van der Waals surface area contributed by atoms with Crippen LogP contribution in [0.2, 0.25) is 0 Å². The van der Waals surface area contributed by atoms with Crippen LogP contribution in [0.3, 0.4) is 0 Å². The van der Waals surface area contributed by atoms with Crippen molar-refractivity contribution in [2.75, 3.05) is 0 Å². The third-order valence-electron chi connectivity index (χ3n) is 8.91. The van der Waals surface area contributed by atoms with Crippen molar-refractivity contribution in [1.82, 2.24) is 0 Å². The van der Waals surface area contributed by atoms with Crippen LogP contribution in [0.4, 0.5) is 0 Å². The van der Waals surface area contributed by atoms with E-state index in [9.17, 15) is 36.2 Å². The van der Waals surface area contributed by atoms with Crippen molar-refractivity contribution in [1.29, 1.82) is 0 Å². The van der Waals surface area contributed by atoms with Gasteiger partial charge in [0.05, 0.1) is 4.90 Å². The maximum absolute atomic E-state index is 12.3. The van der Waals surface area contributed by atoms with E-state index in [-0.39, 0.29) is 77.1 Å². The quantitative estimate of drug-likeness (QED) is 0.0441. The minimum absolute atomic E-state index is 0. The number of ether oxygens (including phenoxy) is 2. The molecule has 4 rings (SSSR count). The van der Waals surface area contributed by atoms with Crippen molar-refractivity contribution in [3.8, 4) is 34.5 Å². The summed E-state index contributed by atoms with van der Waals surface area (Å²) in [6.45, 7) is 4.39. The largest absolute Gasteiger partial charge is 2.00 e. The van der Waals surface area contributed by atoms with Gasteiger partial charge in [0.2, 0.25) is 0 Å². The van der Waals surface area contributed by atoms with Gasteiger partial charge >= 0.3 is 37.7 Å². The Balaban J connectivity index is 0.000000373. The Morgan fingerprint density at radius 2 is 0.964 bits per heavy atom. The van der Waals surface area contributed by atoms with Crippen LogP contribution in [0.25, 0.3) is 0 Å². The summed E-state index contributed by atoms with van der Waals surface area (Å²) in [6, 6.07) is 21.4. The van der Waals surface area contributed by atoms with Crippen molar-refractivity contribution >= 4 is 58.0 Å². The molecule has 4 aromatic carbocycles. The van der Waals surface area contributed by atoms with Gasteiger partial charge in [-0.05, 0) is 67.1 Å². The second-order valence-corrected chi connectivity index (χ2v) is 16.0. The molecule has 0 heterocycles. The topological polar surface area (TPSA) is 173 Å². The Morgan fingerprint density at radius 1 is 0.545 bits per heavy atom. The van der Waals surface area contributed by atoms with Crippen molar-refractivity contribution in [2.24, 2.45) is 0 Å². The normalized spacial score (nSPS) is 11.3. The van der Waals surface area contributed by atoms with Gasteiger partial charge in [0.15, 0.2) is 11.5 Å². The zero-order valence-corrected chi connectivity index (χ0v) is 35.9. The Hall–Kier alpha value is -2.84. The summed E-state index contributed by atoms with van der Waals surface area (Å²) in [5, 5.41) is 22.5. The van der Waals surface area contributed by atoms with Gasteiger partial charge in [-0.25, -0.2) is 8.42 Å². The van der Waals surface area contributed by atoms with Gasteiger partial charge in [-0.2, -0.15) is 8.42 Å². The van der Waals surface area contributed by atoms with E-state index in [2.05, 4.69) is 13.8 Å². The number of hydrogen-bond acceptors (Lipinski definition) is 9. The van der Waals surface area contributed by atoms with E-state index in [0.29, 0.717) is 6.42 Å². The molecule has 13 heteroatoms. The molecule has 0 amide bonds. The van der Waals surface area contributed by atoms with Gasteiger partial charge in [-0.15, -0.1) is 0 Å². The van der Waals surface area contributed by atoms with Crippen LogP contribution in [0.15, 0.2) is 94.7 Å². The van der Waals surface area contributed by atoms with E-state index in [1.54, 1.807) is 24.3 Å². The second kappa shape index (κ2) is 25.4. The van der Waals surface area contributed by atoms with Crippen LogP contribution in [-0.4, -0.2) is 68.8 Å². The number of para-hydroxylation sites is 4. The first kappa shape index (κ1) is 48.3. The molecule has 0 radical (unpaired) electrons. The fraction of sp³-hybridized carbons (Fsp3) is 0.429. The first-order chi connectivity index (χ1) is 25.9. The number of phenolic OH excluding ortho intramolecular Hbond substituents is 1. The predicted molar refractivity (Wildman–Crippen MR) is 214 cm³/mol.